The first kappa shape index (κ1) is 14.9. The summed E-state index contributed by atoms with van der Waals surface area (Å²) in [5, 5.41) is 2.88. The zero-order chi connectivity index (χ0) is 15.1. The molecule has 6 nitrogen and oxygen atoms in total. The van der Waals surface area contributed by atoms with E-state index in [-0.39, 0.29) is 5.91 Å². The molecule has 0 saturated heterocycles. The number of ether oxygens (including phenoxy) is 2. The maximum absolute atomic E-state index is 11.8. The van der Waals surface area contributed by atoms with Crippen LogP contribution in [0.15, 0.2) is 30.7 Å². The van der Waals surface area contributed by atoms with Crippen LogP contribution in [0.3, 0.4) is 0 Å². The van der Waals surface area contributed by atoms with Crippen LogP contribution in [0.1, 0.15) is 17.7 Å². The van der Waals surface area contributed by atoms with Crippen molar-refractivity contribution in [2.24, 2.45) is 0 Å². The molecule has 0 bridgehead atoms. The van der Waals surface area contributed by atoms with Gasteiger partial charge in [-0.15, -0.1) is 0 Å². The molecule has 1 heterocycles. The number of carbonyl (C=O) groups excluding carboxylic acids is 1. The molecule has 1 aromatic heterocycles. The molecular weight excluding hydrogens is 270 g/mol. The lowest BCUT2D eigenvalue weighted by molar-refractivity contribution is -0.121. The summed E-state index contributed by atoms with van der Waals surface area (Å²) in [5.41, 5.74) is 1.92. The summed E-state index contributed by atoms with van der Waals surface area (Å²) < 4.78 is 10.4. The van der Waals surface area contributed by atoms with E-state index < -0.39 is 0 Å². The van der Waals surface area contributed by atoms with E-state index >= 15 is 0 Å². The molecule has 0 saturated carbocycles. The van der Waals surface area contributed by atoms with Crippen LogP contribution in [0.5, 0.6) is 11.5 Å². The van der Waals surface area contributed by atoms with Gasteiger partial charge in [0.05, 0.1) is 20.5 Å². The fourth-order valence-corrected chi connectivity index (χ4v) is 1.95. The van der Waals surface area contributed by atoms with Crippen LogP contribution in [0.4, 0.5) is 0 Å². The Bertz CT molecular complexity index is 582. The average molecular weight is 289 g/mol. The zero-order valence-electron chi connectivity index (χ0n) is 12.2. The lowest BCUT2D eigenvalue weighted by atomic mass is 10.2. The molecule has 0 aliphatic heterocycles. The van der Waals surface area contributed by atoms with Crippen molar-refractivity contribution in [1.29, 1.82) is 0 Å². The Balaban J connectivity index is 1.83. The second-order valence-corrected chi connectivity index (χ2v) is 4.54. The average Bonchev–Trinajstić information content (AvgIpc) is 3.04. The van der Waals surface area contributed by atoms with Crippen LogP contribution in [-0.2, 0) is 17.8 Å². The van der Waals surface area contributed by atoms with E-state index in [0.29, 0.717) is 30.9 Å². The molecule has 2 aromatic rings. The number of imidazole rings is 1. The molecule has 0 spiro atoms. The number of amides is 1. The Morgan fingerprint density at radius 1 is 1.29 bits per heavy atom. The fraction of sp³-hybridized carbons (Fsp3) is 0.333. The van der Waals surface area contributed by atoms with Crippen LogP contribution in [-0.4, -0.2) is 30.1 Å². The molecule has 1 aromatic carbocycles. The Morgan fingerprint density at radius 2 is 2.10 bits per heavy atom. The van der Waals surface area contributed by atoms with Crippen molar-refractivity contribution in [2.75, 3.05) is 14.2 Å². The first-order valence-corrected chi connectivity index (χ1v) is 6.67. The molecule has 112 valence electrons. The number of H-pyrrole nitrogens is 1. The number of nitrogens with one attached hydrogen (secondary N) is 2. The molecule has 0 aliphatic rings. The predicted molar refractivity (Wildman–Crippen MR) is 78.3 cm³/mol. The number of carbonyl (C=O) groups is 1. The highest BCUT2D eigenvalue weighted by Gasteiger charge is 2.06. The second-order valence-electron chi connectivity index (χ2n) is 4.54. The summed E-state index contributed by atoms with van der Waals surface area (Å²) in [6.45, 7) is 0.460. The van der Waals surface area contributed by atoms with E-state index in [0.717, 1.165) is 11.3 Å². The molecule has 2 rings (SSSR count). The highest BCUT2D eigenvalue weighted by atomic mass is 16.5. The Labute approximate surface area is 123 Å². The number of rotatable bonds is 7. The van der Waals surface area contributed by atoms with Gasteiger partial charge in [-0.05, 0) is 24.1 Å². The zero-order valence-corrected chi connectivity index (χ0v) is 12.2. The van der Waals surface area contributed by atoms with Gasteiger partial charge in [-0.2, -0.15) is 0 Å². The normalized spacial score (nSPS) is 10.2. The third kappa shape index (κ3) is 4.24. The first-order valence-electron chi connectivity index (χ1n) is 6.67. The minimum atomic E-state index is -0.000570. The number of nitrogens with zero attached hydrogens (tertiary/aromatic N) is 1. The lowest BCUT2D eigenvalue weighted by Gasteiger charge is -2.10. The predicted octanol–water partition coefficient (Wildman–Crippen LogP) is 1.68. The van der Waals surface area contributed by atoms with Crippen LogP contribution in [0.2, 0.25) is 0 Å². The molecule has 6 heteroatoms. The van der Waals surface area contributed by atoms with E-state index in [1.807, 2.05) is 18.2 Å². The SMILES string of the molecule is COc1ccc(CNC(=O)CCc2cnc[nH]2)cc1OC. The van der Waals surface area contributed by atoms with Gasteiger partial charge in [0, 0.05) is 24.9 Å². The van der Waals surface area contributed by atoms with Crippen molar-refractivity contribution in [1.82, 2.24) is 15.3 Å². The molecule has 0 radical (unpaired) electrons. The van der Waals surface area contributed by atoms with E-state index in [1.165, 1.54) is 0 Å². The Morgan fingerprint density at radius 3 is 2.76 bits per heavy atom. The number of aromatic nitrogens is 2. The van der Waals surface area contributed by atoms with Gasteiger partial charge in [-0.1, -0.05) is 6.07 Å². The van der Waals surface area contributed by atoms with Gasteiger partial charge in [0.1, 0.15) is 0 Å². The number of benzene rings is 1. The van der Waals surface area contributed by atoms with Gasteiger partial charge < -0.3 is 19.8 Å². The molecular formula is C15H19N3O3. The molecule has 21 heavy (non-hydrogen) atoms. The standard InChI is InChI=1S/C15H19N3O3/c1-20-13-5-3-11(7-14(13)21-2)8-17-15(19)6-4-12-9-16-10-18-12/h3,5,7,9-10H,4,6,8H2,1-2H3,(H,16,18)(H,17,19). The van der Waals surface area contributed by atoms with Gasteiger partial charge in [0.2, 0.25) is 5.91 Å². The van der Waals surface area contributed by atoms with E-state index in [1.54, 1.807) is 26.7 Å². The van der Waals surface area contributed by atoms with Gasteiger partial charge in [-0.3, -0.25) is 4.79 Å². The summed E-state index contributed by atoms with van der Waals surface area (Å²) >= 11 is 0. The number of aryl methyl sites for hydroxylation is 1. The van der Waals surface area contributed by atoms with Crippen molar-refractivity contribution < 1.29 is 14.3 Å². The van der Waals surface area contributed by atoms with Gasteiger partial charge in [-0.25, -0.2) is 4.98 Å². The third-order valence-corrected chi connectivity index (χ3v) is 3.11. The minimum absolute atomic E-state index is 0.000570. The lowest BCUT2D eigenvalue weighted by Crippen LogP contribution is -2.23. The summed E-state index contributed by atoms with van der Waals surface area (Å²) in [4.78, 5) is 18.7. The molecule has 0 aliphatic carbocycles. The van der Waals surface area contributed by atoms with Crippen LogP contribution >= 0.6 is 0 Å². The minimum Gasteiger partial charge on any atom is -0.493 e. The molecule has 1 amide bonds. The molecule has 0 atom stereocenters. The number of aromatic amines is 1. The van der Waals surface area contributed by atoms with Gasteiger partial charge in [0.25, 0.3) is 0 Å². The van der Waals surface area contributed by atoms with E-state index in [9.17, 15) is 4.79 Å². The molecule has 0 unspecified atom stereocenters. The number of hydrogen-bond donors (Lipinski definition) is 2. The van der Waals surface area contributed by atoms with Crippen LogP contribution in [0.25, 0.3) is 0 Å². The molecule has 2 N–H and O–H groups in total. The Kier molecular flexibility index (Phi) is 5.20. The molecule has 0 fully saturated rings. The van der Waals surface area contributed by atoms with Gasteiger partial charge >= 0.3 is 0 Å². The topological polar surface area (TPSA) is 76.2 Å². The van der Waals surface area contributed by atoms with E-state index in [2.05, 4.69) is 15.3 Å². The summed E-state index contributed by atoms with van der Waals surface area (Å²) in [6, 6.07) is 5.58. The highest BCUT2D eigenvalue weighted by molar-refractivity contribution is 5.76. The Hall–Kier alpha value is -2.50. The van der Waals surface area contributed by atoms with Crippen molar-refractivity contribution in [3.05, 3.63) is 42.0 Å². The summed E-state index contributed by atoms with van der Waals surface area (Å²) in [6.07, 6.45) is 4.41. The van der Waals surface area contributed by atoms with Crippen LogP contribution < -0.4 is 14.8 Å². The van der Waals surface area contributed by atoms with Crippen molar-refractivity contribution in [3.8, 4) is 11.5 Å². The second kappa shape index (κ2) is 7.33. The largest absolute Gasteiger partial charge is 0.493 e. The quantitative estimate of drug-likeness (QED) is 0.813. The van der Waals surface area contributed by atoms with Crippen molar-refractivity contribution >= 4 is 5.91 Å². The van der Waals surface area contributed by atoms with Crippen molar-refractivity contribution in [2.45, 2.75) is 19.4 Å². The van der Waals surface area contributed by atoms with E-state index in [4.69, 9.17) is 9.47 Å². The smallest absolute Gasteiger partial charge is 0.220 e. The monoisotopic (exact) mass is 289 g/mol. The van der Waals surface area contributed by atoms with Gasteiger partial charge in [0.15, 0.2) is 11.5 Å². The number of hydrogen-bond acceptors (Lipinski definition) is 4. The summed E-state index contributed by atoms with van der Waals surface area (Å²) in [5.74, 6) is 1.33. The van der Waals surface area contributed by atoms with Crippen LogP contribution in [0, 0.1) is 0 Å². The maximum Gasteiger partial charge on any atom is 0.220 e. The highest BCUT2D eigenvalue weighted by Crippen LogP contribution is 2.27. The van der Waals surface area contributed by atoms with Crippen molar-refractivity contribution in [3.63, 3.8) is 0 Å². The fourth-order valence-electron chi connectivity index (χ4n) is 1.95. The maximum atomic E-state index is 11.8. The summed E-state index contributed by atoms with van der Waals surface area (Å²) in [7, 11) is 3.18. The number of methoxy groups -OCH3 is 2. The first-order chi connectivity index (χ1) is 10.2. The third-order valence-electron chi connectivity index (χ3n) is 3.11.